The molecule has 0 bridgehead atoms. The number of fused-ring (bicyclic) bond motifs is 6. The van der Waals surface area contributed by atoms with Crippen molar-refractivity contribution in [2.24, 2.45) is 5.92 Å². The fourth-order valence-electron chi connectivity index (χ4n) is 3.78. The van der Waals surface area contributed by atoms with Gasteiger partial charge in [0.05, 0.1) is 15.7 Å². The van der Waals surface area contributed by atoms with Crippen molar-refractivity contribution in [3.8, 4) is 0 Å². The van der Waals surface area contributed by atoms with Crippen LogP contribution in [0, 0.1) is 5.92 Å². The van der Waals surface area contributed by atoms with E-state index in [0.29, 0.717) is 0 Å². The minimum Gasteiger partial charge on any atom is -0.320 e. The predicted molar refractivity (Wildman–Crippen MR) is 98.7 cm³/mol. The molecule has 4 aliphatic rings. The fourth-order valence-corrected chi connectivity index (χ4v) is 7.12. The first-order valence-corrected chi connectivity index (χ1v) is 9.75. The van der Waals surface area contributed by atoms with Crippen molar-refractivity contribution in [2.45, 2.75) is 4.08 Å². The van der Waals surface area contributed by atoms with Crippen molar-refractivity contribution in [1.82, 2.24) is 4.90 Å². The molecule has 1 unspecified atom stereocenters. The zero-order valence-corrected chi connectivity index (χ0v) is 14.1. The lowest BCUT2D eigenvalue weighted by molar-refractivity contribution is -0.117. The van der Waals surface area contributed by atoms with Crippen LogP contribution in [0.25, 0.3) is 11.8 Å². The van der Waals surface area contributed by atoms with Gasteiger partial charge in [-0.1, -0.05) is 30.3 Å². The SMILES string of the molecule is O=C1C=CC=C2C1C1(C=C3c4ccccc4C=CN32)SCCS1. The standard InChI is InChI=1S/C19H15NOS2/c21-17-7-3-6-15-18(17)19(22-10-11-23-19)12-16-14-5-2-1-4-13(14)8-9-20(15)16/h1-9,12,18H,10-11H2. The van der Waals surface area contributed by atoms with Gasteiger partial charge in [-0.25, -0.2) is 0 Å². The van der Waals surface area contributed by atoms with Gasteiger partial charge in [0.25, 0.3) is 0 Å². The third-order valence-corrected chi connectivity index (χ3v) is 8.16. The summed E-state index contributed by atoms with van der Waals surface area (Å²) in [6, 6.07) is 8.49. The number of hydrogen-bond donors (Lipinski definition) is 0. The third-order valence-electron chi connectivity index (χ3n) is 4.76. The van der Waals surface area contributed by atoms with Crippen molar-refractivity contribution in [2.75, 3.05) is 11.5 Å². The molecule has 0 saturated carbocycles. The van der Waals surface area contributed by atoms with Gasteiger partial charge in [0.2, 0.25) is 0 Å². The molecule has 3 heterocycles. The summed E-state index contributed by atoms with van der Waals surface area (Å²) >= 11 is 3.85. The molecule has 0 N–H and O–H groups in total. The lowest BCUT2D eigenvalue weighted by Gasteiger charge is -2.45. The molecular formula is C19H15NOS2. The van der Waals surface area contributed by atoms with Crippen molar-refractivity contribution in [3.05, 3.63) is 71.6 Å². The van der Waals surface area contributed by atoms with E-state index in [4.69, 9.17) is 0 Å². The van der Waals surface area contributed by atoms with E-state index in [2.05, 4.69) is 53.6 Å². The lowest BCUT2D eigenvalue weighted by atomic mass is 9.84. The van der Waals surface area contributed by atoms with Crippen molar-refractivity contribution in [1.29, 1.82) is 0 Å². The third kappa shape index (κ3) is 1.88. The number of hydrogen-bond acceptors (Lipinski definition) is 4. The normalized spacial score (nSPS) is 26.5. The quantitative estimate of drug-likeness (QED) is 0.709. The average molecular weight is 337 g/mol. The van der Waals surface area contributed by atoms with E-state index < -0.39 is 0 Å². The highest BCUT2D eigenvalue weighted by Crippen LogP contribution is 2.58. The monoisotopic (exact) mass is 337 g/mol. The first-order valence-electron chi connectivity index (χ1n) is 7.78. The predicted octanol–water partition coefficient (Wildman–Crippen LogP) is 4.14. The summed E-state index contributed by atoms with van der Waals surface area (Å²) in [5.74, 6) is 2.36. The van der Waals surface area contributed by atoms with E-state index >= 15 is 0 Å². The molecule has 3 aliphatic heterocycles. The van der Waals surface area contributed by atoms with Crippen molar-refractivity contribution < 1.29 is 4.79 Å². The number of thioether (sulfide) groups is 2. The minimum absolute atomic E-state index is 0.0799. The number of nitrogens with zero attached hydrogens (tertiary/aromatic N) is 1. The van der Waals surface area contributed by atoms with Crippen LogP contribution in [0.15, 0.2) is 60.5 Å². The van der Waals surface area contributed by atoms with E-state index in [1.54, 1.807) is 6.08 Å². The van der Waals surface area contributed by atoms with Gasteiger partial charge in [0, 0.05) is 29.0 Å². The molecule has 0 aromatic heterocycles. The molecular weight excluding hydrogens is 322 g/mol. The van der Waals surface area contributed by atoms with Crippen LogP contribution in [-0.2, 0) is 4.79 Å². The van der Waals surface area contributed by atoms with E-state index in [1.165, 1.54) is 16.8 Å². The molecule has 2 nitrogen and oxygen atoms in total. The highest BCUT2D eigenvalue weighted by atomic mass is 32.2. The number of ketones is 1. The molecule has 1 aliphatic carbocycles. The molecule has 114 valence electrons. The number of rotatable bonds is 0. The Morgan fingerprint density at radius 2 is 1.96 bits per heavy atom. The molecule has 1 fully saturated rings. The van der Waals surface area contributed by atoms with Gasteiger partial charge in [-0.15, -0.1) is 23.5 Å². The molecule has 1 aromatic carbocycles. The van der Waals surface area contributed by atoms with Crippen LogP contribution in [-0.4, -0.2) is 26.3 Å². The van der Waals surface area contributed by atoms with Gasteiger partial charge in [-0.05, 0) is 29.9 Å². The van der Waals surface area contributed by atoms with Crippen LogP contribution in [0.2, 0.25) is 0 Å². The highest BCUT2D eigenvalue weighted by molar-refractivity contribution is 8.21. The maximum Gasteiger partial charge on any atom is 0.167 e. The first kappa shape index (κ1) is 13.8. The van der Waals surface area contributed by atoms with Crippen LogP contribution >= 0.6 is 23.5 Å². The molecule has 1 atom stereocenters. The fraction of sp³-hybridized carbons (Fsp3) is 0.211. The van der Waals surface area contributed by atoms with Crippen molar-refractivity contribution >= 4 is 41.1 Å². The Morgan fingerprint density at radius 3 is 2.83 bits per heavy atom. The summed E-state index contributed by atoms with van der Waals surface area (Å²) in [7, 11) is 0. The summed E-state index contributed by atoms with van der Waals surface area (Å²) in [5.41, 5.74) is 4.83. The van der Waals surface area contributed by atoms with Crippen LogP contribution < -0.4 is 0 Å². The highest BCUT2D eigenvalue weighted by Gasteiger charge is 2.51. The van der Waals surface area contributed by atoms with Gasteiger partial charge >= 0.3 is 0 Å². The molecule has 1 saturated heterocycles. The maximum atomic E-state index is 12.7. The summed E-state index contributed by atoms with van der Waals surface area (Å²) < 4.78 is -0.155. The molecule has 5 rings (SSSR count). The van der Waals surface area contributed by atoms with Crippen LogP contribution in [0.3, 0.4) is 0 Å². The van der Waals surface area contributed by atoms with Crippen LogP contribution in [0.4, 0.5) is 0 Å². The molecule has 23 heavy (non-hydrogen) atoms. The van der Waals surface area contributed by atoms with Gasteiger partial charge < -0.3 is 4.90 Å². The zero-order chi connectivity index (χ0) is 15.4. The average Bonchev–Trinajstić information content (AvgIpc) is 3.03. The first-order chi connectivity index (χ1) is 11.3. The smallest absolute Gasteiger partial charge is 0.167 e. The Morgan fingerprint density at radius 1 is 1.13 bits per heavy atom. The number of allylic oxidation sites excluding steroid dienone is 4. The van der Waals surface area contributed by atoms with Gasteiger partial charge in [0.1, 0.15) is 0 Å². The van der Waals surface area contributed by atoms with E-state index in [-0.39, 0.29) is 15.8 Å². The van der Waals surface area contributed by atoms with Crippen LogP contribution in [0.1, 0.15) is 11.1 Å². The largest absolute Gasteiger partial charge is 0.320 e. The number of carbonyl (C=O) groups excluding carboxylic acids is 1. The molecule has 1 aromatic rings. The zero-order valence-electron chi connectivity index (χ0n) is 12.4. The number of benzene rings is 1. The Labute approximate surface area is 144 Å². The van der Waals surface area contributed by atoms with E-state index in [9.17, 15) is 4.79 Å². The summed E-state index contributed by atoms with van der Waals surface area (Å²) in [6.45, 7) is 0. The second kappa shape index (κ2) is 4.92. The van der Waals surface area contributed by atoms with E-state index in [0.717, 1.165) is 17.2 Å². The summed E-state index contributed by atoms with van der Waals surface area (Å²) in [4.78, 5) is 14.9. The number of carbonyl (C=O) groups is 1. The second-order valence-corrected chi connectivity index (χ2v) is 9.01. The van der Waals surface area contributed by atoms with Gasteiger partial charge in [-0.3, -0.25) is 4.79 Å². The minimum atomic E-state index is -0.155. The Bertz CT molecular complexity index is 828. The molecule has 0 amide bonds. The summed E-state index contributed by atoms with van der Waals surface area (Å²) in [5, 5.41) is 0. The molecule has 4 heteroatoms. The Kier molecular flexibility index (Phi) is 2.94. The topological polar surface area (TPSA) is 20.3 Å². The summed E-state index contributed by atoms with van der Waals surface area (Å²) in [6.07, 6.45) is 12.3. The van der Waals surface area contributed by atoms with Crippen molar-refractivity contribution in [3.63, 3.8) is 0 Å². The Hall–Kier alpha value is -1.65. The van der Waals surface area contributed by atoms with Gasteiger partial charge in [-0.2, -0.15) is 0 Å². The lowest BCUT2D eigenvalue weighted by Crippen LogP contribution is -2.44. The Balaban J connectivity index is 1.77. The maximum absolute atomic E-state index is 12.7. The molecule has 1 spiro atoms. The van der Waals surface area contributed by atoms with Crippen LogP contribution in [0.5, 0.6) is 0 Å². The van der Waals surface area contributed by atoms with Gasteiger partial charge in [0.15, 0.2) is 5.78 Å². The second-order valence-electron chi connectivity index (χ2n) is 6.01. The van der Waals surface area contributed by atoms with E-state index in [1.807, 2.05) is 29.6 Å². The molecule has 0 radical (unpaired) electrons.